The molecule has 0 saturated heterocycles. The van der Waals surface area contributed by atoms with E-state index in [4.69, 9.17) is 11.6 Å². The summed E-state index contributed by atoms with van der Waals surface area (Å²) in [5, 5.41) is 4.92. The third-order valence-electron chi connectivity index (χ3n) is 3.01. The minimum absolute atomic E-state index is 0.280. The third kappa shape index (κ3) is 2.56. The van der Waals surface area contributed by atoms with Crippen molar-refractivity contribution in [1.82, 2.24) is 9.78 Å². The molecule has 0 unspecified atom stereocenters. The van der Waals surface area contributed by atoms with Crippen LogP contribution in [0.1, 0.15) is 30.8 Å². The molecular weight excluding hydrogens is 251 g/mol. The van der Waals surface area contributed by atoms with E-state index in [1.165, 1.54) is 6.07 Å². The summed E-state index contributed by atoms with van der Waals surface area (Å²) in [5.74, 6) is -0.280. The first-order valence-electron chi connectivity index (χ1n) is 6.14. The second-order valence-electron chi connectivity index (χ2n) is 4.19. The van der Waals surface area contributed by atoms with Gasteiger partial charge in [-0.05, 0) is 31.0 Å². The Balaban J connectivity index is 2.36. The Morgan fingerprint density at radius 1 is 1.28 bits per heavy atom. The molecule has 2 nitrogen and oxygen atoms in total. The summed E-state index contributed by atoms with van der Waals surface area (Å²) >= 11 is 6.03. The lowest BCUT2D eigenvalue weighted by atomic mass is 10.2. The molecule has 0 aliphatic carbocycles. The van der Waals surface area contributed by atoms with Gasteiger partial charge in [0.1, 0.15) is 5.82 Å². The van der Waals surface area contributed by atoms with E-state index in [-0.39, 0.29) is 5.82 Å². The van der Waals surface area contributed by atoms with E-state index in [1.54, 1.807) is 12.1 Å². The van der Waals surface area contributed by atoms with Crippen LogP contribution in [0.15, 0.2) is 24.3 Å². The highest BCUT2D eigenvalue weighted by Crippen LogP contribution is 2.21. The number of aromatic nitrogens is 2. The number of aryl methyl sites for hydroxylation is 2. The van der Waals surface area contributed by atoms with E-state index >= 15 is 0 Å². The number of halogens is 2. The molecule has 18 heavy (non-hydrogen) atoms. The van der Waals surface area contributed by atoms with Crippen LogP contribution < -0.4 is 0 Å². The van der Waals surface area contributed by atoms with Gasteiger partial charge in [0, 0.05) is 16.3 Å². The van der Waals surface area contributed by atoms with E-state index in [9.17, 15) is 4.39 Å². The average Bonchev–Trinajstić information content (AvgIpc) is 2.76. The van der Waals surface area contributed by atoms with Gasteiger partial charge in [0.2, 0.25) is 0 Å². The van der Waals surface area contributed by atoms with E-state index in [0.717, 1.165) is 24.2 Å². The molecule has 0 radical (unpaired) electrons. The molecule has 0 fully saturated rings. The second-order valence-corrected chi connectivity index (χ2v) is 4.60. The van der Waals surface area contributed by atoms with Crippen LogP contribution >= 0.6 is 11.6 Å². The minimum Gasteiger partial charge on any atom is -0.265 e. The fourth-order valence-corrected chi connectivity index (χ4v) is 2.17. The molecule has 0 N–H and O–H groups in total. The molecule has 0 aliphatic heterocycles. The molecule has 4 heteroatoms. The molecule has 96 valence electrons. The lowest BCUT2D eigenvalue weighted by Gasteiger charge is -2.08. The summed E-state index contributed by atoms with van der Waals surface area (Å²) in [5.41, 5.74) is 2.63. The molecule has 0 amide bonds. The van der Waals surface area contributed by atoms with Gasteiger partial charge in [-0.25, -0.2) is 4.39 Å². The van der Waals surface area contributed by atoms with Gasteiger partial charge in [0.15, 0.2) is 0 Å². The van der Waals surface area contributed by atoms with Crippen molar-refractivity contribution in [3.05, 3.63) is 52.1 Å². The monoisotopic (exact) mass is 266 g/mol. The second kappa shape index (κ2) is 5.53. The zero-order valence-corrected chi connectivity index (χ0v) is 11.3. The quantitative estimate of drug-likeness (QED) is 0.822. The van der Waals surface area contributed by atoms with Gasteiger partial charge >= 0.3 is 0 Å². The van der Waals surface area contributed by atoms with E-state index < -0.39 is 0 Å². The van der Waals surface area contributed by atoms with Crippen molar-refractivity contribution in [1.29, 1.82) is 0 Å². The molecule has 0 atom stereocenters. The summed E-state index contributed by atoms with van der Waals surface area (Å²) in [7, 11) is 0. The lowest BCUT2D eigenvalue weighted by molar-refractivity contribution is 0.574. The smallest absolute Gasteiger partial charge is 0.129 e. The molecule has 2 aromatic rings. The van der Waals surface area contributed by atoms with Crippen molar-refractivity contribution in [2.24, 2.45) is 0 Å². The molecule has 0 aliphatic rings. The fraction of sp³-hybridized carbons (Fsp3) is 0.357. The SMILES string of the molecule is CCc1cc(CC)n(Cc2c(F)cccc2Cl)n1. The van der Waals surface area contributed by atoms with Crippen LogP contribution in [0, 0.1) is 5.82 Å². The zero-order valence-electron chi connectivity index (χ0n) is 10.6. The van der Waals surface area contributed by atoms with E-state index in [0.29, 0.717) is 17.1 Å². The van der Waals surface area contributed by atoms with E-state index in [1.807, 2.05) is 4.68 Å². The van der Waals surface area contributed by atoms with Crippen LogP contribution in [0.25, 0.3) is 0 Å². The maximum Gasteiger partial charge on any atom is 0.129 e. The highest BCUT2D eigenvalue weighted by atomic mass is 35.5. The Bertz CT molecular complexity index is 528. The maximum absolute atomic E-state index is 13.7. The average molecular weight is 267 g/mol. The van der Waals surface area contributed by atoms with Crippen molar-refractivity contribution in [3.63, 3.8) is 0 Å². The molecule has 2 rings (SSSR count). The number of benzene rings is 1. The van der Waals surface area contributed by atoms with Crippen LogP contribution in [0.3, 0.4) is 0 Å². The molecule has 0 spiro atoms. The lowest BCUT2D eigenvalue weighted by Crippen LogP contribution is -2.08. The molecule has 0 saturated carbocycles. The molecule has 1 aromatic carbocycles. The van der Waals surface area contributed by atoms with Crippen LogP contribution in [0.5, 0.6) is 0 Å². The molecule has 1 aromatic heterocycles. The van der Waals surface area contributed by atoms with Gasteiger partial charge in [0.05, 0.1) is 12.2 Å². The highest BCUT2D eigenvalue weighted by molar-refractivity contribution is 6.31. The Kier molecular flexibility index (Phi) is 4.02. The predicted molar refractivity (Wildman–Crippen MR) is 71.5 cm³/mol. The van der Waals surface area contributed by atoms with E-state index in [2.05, 4.69) is 25.0 Å². The summed E-state index contributed by atoms with van der Waals surface area (Å²) in [4.78, 5) is 0. The predicted octanol–water partition coefficient (Wildman–Crippen LogP) is 3.85. The fourth-order valence-electron chi connectivity index (χ4n) is 1.94. The summed E-state index contributed by atoms with van der Waals surface area (Å²) in [6.45, 7) is 4.51. The minimum atomic E-state index is -0.280. The number of rotatable bonds is 4. The Morgan fingerprint density at radius 3 is 2.67 bits per heavy atom. The Morgan fingerprint density at radius 2 is 2.06 bits per heavy atom. The van der Waals surface area contributed by atoms with Crippen molar-refractivity contribution < 1.29 is 4.39 Å². The van der Waals surface area contributed by atoms with Crippen molar-refractivity contribution in [2.75, 3.05) is 0 Å². The van der Waals surface area contributed by atoms with Gasteiger partial charge in [-0.1, -0.05) is 31.5 Å². The highest BCUT2D eigenvalue weighted by Gasteiger charge is 2.11. The van der Waals surface area contributed by atoms with Crippen LogP contribution in [-0.4, -0.2) is 9.78 Å². The topological polar surface area (TPSA) is 17.8 Å². The van der Waals surface area contributed by atoms with Gasteiger partial charge in [-0.15, -0.1) is 0 Å². The van der Waals surface area contributed by atoms with Gasteiger partial charge in [-0.3, -0.25) is 4.68 Å². The van der Waals surface area contributed by atoms with Crippen molar-refractivity contribution in [2.45, 2.75) is 33.2 Å². The third-order valence-corrected chi connectivity index (χ3v) is 3.36. The van der Waals surface area contributed by atoms with Gasteiger partial charge < -0.3 is 0 Å². The standard InChI is InChI=1S/C14H16ClFN2/c1-3-10-8-11(4-2)18(17-10)9-12-13(15)6-5-7-14(12)16/h5-8H,3-4,9H2,1-2H3. The molecular formula is C14H16ClFN2. The number of nitrogens with zero attached hydrogens (tertiary/aromatic N) is 2. The van der Waals surface area contributed by atoms with Crippen LogP contribution in [0.4, 0.5) is 4.39 Å². The summed E-state index contributed by atoms with van der Waals surface area (Å²) < 4.78 is 15.6. The number of hydrogen-bond acceptors (Lipinski definition) is 1. The van der Waals surface area contributed by atoms with Crippen molar-refractivity contribution in [3.8, 4) is 0 Å². The Labute approximate surface area is 111 Å². The molecule has 0 bridgehead atoms. The van der Waals surface area contributed by atoms with Crippen LogP contribution in [0.2, 0.25) is 5.02 Å². The van der Waals surface area contributed by atoms with Gasteiger partial charge in [0.25, 0.3) is 0 Å². The van der Waals surface area contributed by atoms with Crippen molar-refractivity contribution >= 4 is 11.6 Å². The van der Waals surface area contributed by atoms with Gasteiger partial charge in [-0.2, -0.15) is 5.10 Å². The Hall–Kier alpha value is -1.35. The normalized spacial score (nSPS) is 10.9. The summed E-state index contributed by atoms with van der Waals surface area (Å²) in [6.07, 6.45) is 1.75. The first-order valence-corrected chi connectivity index (χ1v) is 6.52. The molecule has 1 heterocycles. The number of hydrogen-bond donors (Lipinski definition) is 0. The zero-order chi connectivity index (χ0) is 13.1. The van der Waals surface area contributed by atoms with Crippen LogP contribution in [-0.2, 0) is 19.4 Å². The summed E-state index contributed by atoms with van der Waals surface area (Å²) in [6, 6.07) is 6.81. The first-order chi connectivity index (χ1) is 8.65. The largest absolute Gasteiger partial charge is 0.265 e. The first kappa shape index (κ1) is 13.1. The maximum atomic E-state index is 13.7.